The third-order valence-electron chi connectivity index (χ3n) is 2.72. The summed E-state index contributed by atoms with van der Waals surface area (Å²) in [5.41, 5.74) is 2.34. The summed E-state index contributed by atoms with van der Waals surface area (Å²) in [5, 5.41) is 0. The van der Waals surface area contributed by atoms with Gasteiger partial charge in [-0.25, -0.2) is 4.39 Å². The van der Waals surface area contributed by atoms with E-state index in [0.29, 0.717) is 4.83 Å². The molecule has 15 heavy (non-hydrogen) atoms. The summed E-state index contributed by atoms with van der Waals surface area (Å²) in [6.45, 7) is 4.22. The molecule has 0 aliphatic rings. The lowest BCUT2D eigenvalue weighted by Crippen LogP contribution is -1.98. The van der Waals surface area contributed by atoms with Crippen LogP contribution >= 0.6 is 15.9 Å². The van der Waals surface area contributed by atoms with Gasteiger partial charge in [-0.05, 0) is 55.9 Å². The molecule has 0 N–H and O–H groups in total. The van der Waals surface area contributed by atoms with Gasteiger partial charge in [0, 0.05) is 4.83 Å². The monoisotopic (exact) mass is 272 g/mol. The van der Waals surface area contributed by atoms with Crippen molar-refractivity contribution in [1.82, 2.24) is 0 Å². The van der Waals surface area contributed by atoms with Crippen LogP contribution in [0.4, 0.5) is 4.39 Å². The molecule has 0 aromatic heterocycles. The van der Waals surface area contributed by atoms with E-state index in [1.807, 2.05) is 13.0 Å². The van der Waals surface area contributed by atoms with E-state index >= 15 is 0 Å². The molecule has 1 aromatic rings. The van der Waals surface area contributed by atoms with Gasteiger partial charge in [0.05, 0.1) is 0 Å². The standard InChI is InChI=1S/C13H18BrF/c1-3-12(14)6-4-5-11-9-13(15)8-7-10(11)2/h7-9,12H,3-6H2,1-2H3. The second-order valence-corrected chi connectivity index (χ2v) is 5.26. The first kappa shape index (κ1) is 12.7. The van der Waals surface area contributed by atoms with Crippen molar-refractivity contribution in [2.75, 3.05) is 0 Å². The molecule has 84 valence electrons. The Balaban J connectivity index is 2.46. The number of hydrogen-bond acceptors (Lipinski definition) is 0. The summed E-state index contributed by atoms with van der Waals surface area (Å²) >= 11 is 3.61. The maximum Gasteiger partial charge on any atom is 0.123 e. The van der Waals surface area contributed by atoms with E-state index in [-0.39, 0.29) is 5.82 Å². The third kappa shape index (κ3) is 4.33. The largest absolute Gasteiger partial charge is 0.207 e. The molecule has 0 spiro atoms. The summed E-state index contributed by atoms with van der Waals surface area (Å²) in [4.78, 5) is 0.603. The quantitative estimate of drug-likeness (QED) is 0.686. The van der Waals surface area contributed by atoms with Crippen LogP contribution in [0, 0.1) is 12.7 Å². The summed E-state index contributed by atoms with van der Waals surface area (Å²) in [5.74, 6) is -0.124. The average Bonchev–Trinajstić information content (AvgIpc) is 2.23. The number of halogens is 2. The van der Waals surface area contributed by atoms with Crippen LogP contribution in [0.3, 0.4) is 0 Å². The Labute approximate surface area is 100 Å². The van der Waals surface area contributed by atoms with E-state index in [1.54, 1.807) is 6.07 Å². The maximum absolute atomic E-state index is 13.0. The van der Waals surface area contributed by atoms with Crippen LogP contribution in [0.15, 0.2) is 18.2 Å². The molecule has 0 nitrogen and oxygen atoms in total. The normalized spacial score (nSPS) is 12.8. The lowest BCUT2D eigenvalue weighted by Gasteiger charge is -2.08. The van der Waals surface area contributed by atoms with Crippen molar-refractivity contribution in [3.63, 3.8) is 0 Å². The zero-order valence-electron chi connectivity index (χ0n) is 9.39. The highest BCUT2D eigenvalue weighted by molar-refractivity contribution is 9.09. The van der Waals surface area contributed by atoms with Gasteiger partial charge in [0.15, 0.2) is 0 Å². The van der Waals surface area contributed by atoms with Crippen LogP contribution < -0.4 is 0 Å². The molecule has 1 rings (SSSR count). The van der Waals surface area contributed by atoms with E-state index in [0.717, 1.165) is 31.2 Å². The SMILES string of the molecule is CCC(Br)CCCc1cc(F)ccc1C. The third-order valence-corrected chi connectivity index (χ3v) is 3.82. The highest BCUT2D eigenvalue weighted by Crippen LogP contribution is 2.17. The Hall–Kier alpha value is -0.370. The fourth-order valence-electron chi connectivity index (χ4n) is 1.63. The van der Waals surface area contributed by atoms with E-state index in [9.17, 15) is 4.39 Å². The van der Waals surface area contributed by atoms with Gasteiger partial charge in [0.25, 0.3) is 0 Å². The van der Waals surface area contributed by atoms with Crippen LogP contribution in [0.2, 0.25) is 0 Å². The van der Waals surface area contributed by atoms with Crippen molar-refractivity contribution in [3.8, 4) is 0 Å². The van der Waals surface area contributed by atoms with Gasteiger partial charge in [-0.15, -0.1) is 0 Å². The number of rotatable bonds is 5. The van der Waals surface area contributed by atoms with Crippen molar-refractivity contribution in [1.29, 1.82) is 0 Å². The Bertz CT molecular complexity index is 309. The van der Waals surface area contributed by atoms with Gasteiger partial charge in [0.1, 0.15) is 5.82 Å². The van der Waals surface area contributed by atoms with E-state index in [4.69, 9.17) is 0 Å². The predicted octanol–water partition coefficient (Wildman–Crippen LogP) is 4.63. The van der Waals surface area contributed by atoms with Crippen LogP contribution in [0.1, 0.15) is 37.3 Å². The average molecular weight is 273 g/mol. The van der Waals surface area contributed by atoms with Crippen LogP contribution in [-0.4, -0.2) is 4.83 Å². The van der Waals surface area contributed by atoms with Gasteiger partial charge in [-0.2, -0.15) is 0 Å². The lowest BCUT2D eigenvalue weighted by atomic mass is 10.0. The summed E-state index contributed by atoms with van der Waals surface area (Å²) in [6.07, 6.45) is 4.41. The number of alkyl halides is 1. The first-order valence-corrected chi connectivity index (χ1v) is 6.44. The molecule has 0 fully saturated rings. The zero-order valence-corrected chi connectivity index (χ0v) is 11.0. The molecule has 0 bridgehead atoms. The first-order chi connectivity index (χ1) is 7.13. The molecular formula is C13H18BrF. The Morgan fingerprint density at radius 1 is 1.40 bits per heavy atom. The van der Waals surface area contributed by atoms with Crippen molar-refractivity contribution in [2.45, 2.75) is 44.4 Å². The van der Waals surface area contributed by atoms with Crippen molar-refractivity contribution in [2.24, 2.45) is 0 Å². The minimum atomic E-state index is -0.124. The molecule has 0 heterocycles. The van der Waals surface area contributed by atoms with Crippen LogP contribution in [0.5, 0.6) is 0 Å². The Morgan fingerprint density at radius 3 is 2.80 bits per heavy atom. The molecular weight excluding hydrogens is 255 g/mol. The Kier molecular flexibility index (Phi) is 5.30. The van der Waals surface area contributed by atoms with E-state index in [2.05, 4.69) is 22.9 Å². The molecule has 2 heteroatoms. The Morgan fingerprint density at radius 2 is 2.13 bits per heavy atom. The van der Waals surface area contributed by atoms with Crippen molar-refractivity contribution >= 4 is 15.9 Å². The molecule has 1 atom stereocenters. The maximum atomic E-state index is 13.0. The lowest BCUT2D eigenvalue weighted by molar-refractivity contribution is 0.621. The second-order valence-electron chi connectivity index (χ2n) is 3.97. The minimum Gasteiger partial charge on any atom is -0.207 e. The fourth-order valence-corrected chi connectivity index (χ4v) is 1.95. The highest BCUT2D eigenvalue weighted by Gasteiger charge is 2.03. The molecule has 0 saturated carbocycles. The molecule has 0 amide bonds. The highest BCUT2D eigenvalue weighted by atomic mass is 79.9. The zero-order chi connectivity index (χ0) is 11.3. The fraction of sp³-hybridized carbons (Fsp3) is 0.538. The number of hydrogen-bond donors (Lipinski definition) is 0. The number of aryl methyl sites for hydroxylation is 2. The number of benzene rings is 1. The summed E-state index contributed by atoms with van der Waals surface area (Å²) < 4.78 is 13.0. The molecule has 1 unspecified atom stereocenters. The first-order valence-electron chi connectivity index (χ1n) is 5.52. The smallest absolute Gasteiger partial charge is 0.123 e. The van der Waals surface area contributed by atoms with Crippen LogP contribution in [0.25, 0.3) is 0 Å². The summed E-state index contributed by atoms with van der Waals surface area (Å²) in [7, 11) is 0. The van der Waals surface area contributed by atoms with E-state index in [1.165, 1.54) is 11.6 Å². The van der Waals surface area contributed by atoms with Gasteiger partial charge < -0.3 is 0 Å². The van der Waals surface area contributed by atoms with Gasteiger partial charge in [-0.1, -0.05) is 28.9 Å². The predicted molar refractivity (Wildman–Crippen MR) is 67.1 cm³/mol. The van der Waals surface area contributed by atoms with Crippen molar-refractivity contribution < 1.29 is 4.39 Å². The molecule has 0 radical (unpaired) electrons. The molecule has 0 aliphatic heterocycles. The second kappa shape index (κ2) is 6.26. The van der Waals surface area contributed by atoms with Crippen molar-refractivity contribution in [3.05, 3.63) is 35.1 Å². The summed E-state index contributed by atoms with van der Waals surface area (Å²) in [6, 6.07) is 5.04. The minimum absolute atomic E-state index is 0.124. The molecule has 0 aliphatic carbocycles. The van der Waals surface area contributed by atoms with E-state index < -0.39 is 0 Å². The molecule has 0 saturated heterocycles. The van der Waals surface area contributed by atoms with Gasteiger partial charge in [-0.3, -0.25) is 0 Å². The van der Waals surface area contributed by atoms with Gasteiger partial charge in [0.2, 0.25) is 0 Å². The van der Waals surface area contributed by atoms with Gasteiger partial charge >= 0.3 is 0 Å². The molecule has 1 aromatic carbocycles. The topological polar surface area (TPSA) is 0 Å². The van der Waals surface area contributed by atoms with Crippen LogP contribution in [-0.2, 0) is 6.42 Å².